The van der Waals surface area contributed by atoms with Crippen molar-refractivity contribution in [3.8, 4) is 0 Å². The van der Waals surface area contributed by atoms with Crippen molar-refractivity contribution in [3.05, 3.63) is 38.9 Å². The van der Waals surface area contributed by atoms with E-state index in [0.29, 0.717) is 18.2 Å². The van der Waals surface area contributed by atoms with Crippen LogP contribution in [0.4, 0.5) is 5.69 Å². The van der Waals surface area contributed by atoms with Gasteiger partial charge < -0.3 is 9.64 Å². The molecule has 2 unspecified atom stereocenters. The molecule has 0 aromatic heterocycles. The van der Waals surface area contributed by atoms with Gasteiger partial charge >= 0.3 is 0 Å². The van der Waals surface area contributed by atoms with Gasteiger partial charge in [-0.15, -0.1) is 0 Å². The van der Waals surface area contributed by atoms with Crippen molar-refractivity contribution in [2.24, 2.45) is 0 Å². The van der Waals surface area contributed by atoms with Gasteiger partial charge in [-0.05, 0) is 25.5 Å². The van der Waals surface area contributed by atoms with E-state index in [2.05, 4.69) is 0 Å². The van der Waals surface area contributed by atoms with Crippen molar-refractivity contribution < 1.29 is 14.5 Å². The summed E-state index contributed by atoms with van der Waals surface area (Å²) in [5, 5.41) is 11.4. The van der Waals surface area contributed by atoms with E-state index in [9.17, 15) is 14.9 Å². The van der Waals surface area contributed by atoms with E-state index in [1.807, 2.05) is 13.8 Å². The van der Waals surface area contributed by atoms with E-state index >= 15 is 0 Å². The molecule has 1 aromatic rings. The molecule has 114 valence electrons. The second kappa shape index (κ2) is 6.41. The van der Waals surface area contributed by atoms with Crippen LogP contribution in [0.25, 0.3) is 0 Å². The molecule has 1 aliphatic heterocycles. The number of nitro groups is 1. The Morgan fingerprint density at radius 2 is 2.29 bits per heavy atom. The molecule has 1 aliphatic rings. The Bertz CT molecular complexity index is 564. The largest absolute Gasteiger partial charge is 0.375 e. The highest BCUT2D eigenvalue weighted by Crippen LogP contribution is 2.26. The quantitative estimate of drug-likeness (QED) is 0.635. The van der Waals surface area contributed by atoms with E-state index in [-0.39, 0.29) is 29.3 Å². The van der Waals surface area contributed by atoms with Gasteiger partial charge in [0, 0.05) is 17.6 Å². The van der Waals surface area contributed by atoms with Crippen molar-refractivity contribution in [2.75, 3.05) is 13.2 Å². The minimum atomic E-state index is -0.561. The number of nitrogens with zero attached hydrogens (tertiary/aromatic N) is 2. The van der Waals surface area contributed by atoms with Gasteiger partial charge in [-0.1, -0.05) is 18.5 Å². The van der Waals surface area contributed by atoms with Crippen molar-refractivity contribution in [1.82, 2.24) is 4.90 Å². The van der Waals surface area contributed by atoms with E-state index in [1.54, 1.807) is 4.90 Å². The second-order valence-electron chi connectivity index (χ2n) is 5.08. The van der Waals surface area contributed by atoms with Gasteiger partial charge in [0.05, 0.1) is 23.7 Å². The number of carbonyl (C=O) groups is 1. The number of amides is 1. The molecule has 0 saturated carbocycles. The monoisotopic (exact) mass is 312 g/mol. The van der Waals surface area contributed by atoms with Gasteiger partial charge in [0.2, 0.25) is 0 Å². The number of nitro benzene ring substituents is 1. The third-order valence-electron chi connectivity index (χ3n) is 3.59. The van der Waals surface area contributed by atoms with Gasteiger partial charge in [-0.25, -0.2) is 0 Å². The fourth-order valence-electron chi connectivity index (χ4n) is 2.42. The van der Waals surface area contributed by atoms with E-state index in [0.717, 1.165) is 6.42 Å². The normalized spacial score (nSPS) is 22.1. The van der Waals surface area contributed by atoms with Gasteiger partial charge in [0.15, 0.2) is 0 Å². The highest BCUT2D eigenvalue weighted by atomic mass is 35.5. The zero-order chi connectivity index (χ0) is 15.6. The highest BCUT2D eigenvalue weighted by Gasteiger charge is 2.33. The van der Waals surface area contributed by atoms with E-state index < -0.39 is 4.92 Å². The first-order valence-corrected chi connectivity index (χ1v) is 7.18. The second-order valence-corrected chi connectivity index (χ2v) is 5.52. The number of halogens is 1. The molecule has 0 spiro atoms. The van der Waals surface area contributed by atoms with Crippen LogP contribution in [-0.4, -0.2) is 41.0 Å². The van der Waals surface area contributed by atoms with Gasteiger partial charge in [0.25, 0.3) is 11.6 Å². The van der Waals surface area contributed by atoms with Crippen LogP contribution in [0.2, 0.25) is 5.02 Å². The first-order valence-electron chi connectivity index (χ1n) is 6.80. The summed E-state index contributed by atoms with van der Waals surface area (Å²) in [7, 11) is 0. The Morgan fingerprint density at radius 1 is 1.57 bits per heavy atom. The molecular weight excluding hydrogens is 296 g/mol. The zero-order valence-electron chi connectivity index (χ0n) is 11.9. The Morgan fingerprint density at radius 3 is 2.90 bits per heavy atom. The van der Waals surface area contributed by atoms with Crippen molar-refractivity contribution in [1.29, 1.82) is 0 Å². The first-order chi connectivity index (χ1) is 9.93. The van der Waals surface area contributed by atoms with Gasteiger partial charge in [-0.2, -0.15) is 0 Å². The summed E-state index contributed by atoms with van der Waals surface area (Å²) < 4.78 is 5.55. The molecule has 0 aliphatic carbocycles. The third-order valence-corrected chi connectivity index (χ3v) is 3.82. The molecule has 6 nitrogen and oxygen atoms in total. The molecule has 0 radical (unpaired) electrons. The Kier molecular flexibility index (Phi) is 4.80. The third kappa shape index (κ3) is 3.33. The molecule has 0 N–H and O–H groups in total. The summed E-state index contributed by atoms with van der Waals surface area (Å²) in [6.07, 6.45) is 0.641. The summed E-state index contributed by atoms with van der Waals surface area (Å²) in [5.74, 6) is -0.369. The number of carbonyl (C=O) groups excluding carboxylic acids is 1. The average molecular weight is 313 g/mol. The smallest absolute Gasteiger partial charge is 0.282 e. The molecule has 1 saturated heterocycles. The van der Waals surface area contributed by atoms with E-state index in [1.165, 1.54) is 18.2 Å². The summed E-state index contributed by atoms with van der Waals surface area (Å²) in [4.78, 5) is 24.9. The van der Waals surface area contributed by atoms with Gasteiger partial charge in [0.1, 0.15) is 5.56 Å². The molecule has 2 atom stereocenters. The number of hydrogen-bond acceptors (Lipinski definition) is 4. The highest BCUT2D eigenvalue weighted by molar-refractivity contribution is 6.31. The lowest BCUT2D eigenvalue weighted by Gasteiger charge is -2.38. The van der Waals surface area contributed by atoms with Crippen LogP contribution in [0.3, 0.4) is 0 Å². The lowest BCUT2D eigenvalue weighted by Crippen LogP contribution is -2.51. The SMILES string of the molecule is CCC1COC(C)CN1C(=O)c1cc(Cl)ccc1[N+](=O)[O-]. The number of ether oxygens (including phenoxy) is 1. The summed E-state index contributed by atoms with van der Waals surface area (Å²) >= 11 is 5.89. The molecule has 2 rings (SSSR count). The lowest BCUT2D eigenvalue weighted by molar-refractivity contribution is -0.385. The van der Waals surface area contributed by atoms with Crippen LogP contribution in [-0.2, 0) is 4.74 Å². The van der Waals surface area contributed by atoms with Crippen LogP contribution < -0.4 is 0 Å². The van der Waals surface area contributed by atoms with Crippen molar-refractivity contribution in [3.63, 3.8) is 0 Å². The number of rotatable bonds is 3. The Hall–Kier alpha value is -1.66. The minimum absolute atomic E-state index is 0.0278. The maximum absolute atomic E-state index is 12.7. The summed E-state index contributed by atoms with van der Waals surface area (Å²) in [6, 6.07) is 3.96. The zero-order valence-corrected chi connectivity index (χ0v) is 12.7. The Balaban J connectivity index is 2.38. The molecule has 21 heavy (non-hydrogen) atoms. The van der Waals surface area contributed by atoms with Crippen LogP contribution in [0.1, 0.15) is 30.6 Å². The fourth-order valence-corrected chi connectivity index (χ4v) is 2.60. The summed E-state index contributed by atoms with van der Waals surface area (Å²) in [6.45, 7) is 4.69. The summed E-state index contributed by atoms with van der Waals surface area (Å²) in [5.41, 5.74) is -0.196. The van der Waals surface area contributed by atoms with Crippen LogP contribution in [0.15, 0.2) is 18.2 Å². The topological polar surface area (TPSA) is 72.7 Å². The fraction of sp³-hybridized carbons (Fsp3) is 0.500. The maximum Gasteiger partial charge on any atom is 0.282 e. The van der Waals surface area contributed by atoms with Crippen LogP contribution in [0, 0.1) is 10.1 Å². The van der Waals surface area contributed by atoms with Crippen LogP contribution >= 0.6 is 11.6 Å². The predicted molar refractivity (Wildman–Crippen MR) is 78.6 cm³/mol. The van der Waals surface area contributed by atoms with Crippen molar-refractivity contribution in [2.45, 2.75) is 32.4 Å². The molecule has 1 amide bonds. The average Bonchev–Trinajstić information content (AvgIpc) is 2.46. The lowest BCUT2D eigenvalue weighted by atomic mass is 10.1. The molecule has 1 aromatic carbocycles. The maximum atomic E-state index is 12.7. The molecule has 1 heterocycles. The predicted octanol–water partition coefficient (Wildman–Crippen LogP) is 2.89. The standard InChI is InChI=1S/C14H17ClN2O4/c1-3-11-8-21-9(2)7-16(11)14(18)12-6-10(15)4-5-13(12)17(19)20/h4-6,9,11H,3,7-8H2,1-2H3. The van der Waals surface area contributed by atoms with Gasteiger partial charge in [-0.3, -0.25) is 14.9 Å². The molecule has 1 fully saturated rings. The molecule has 7 heteroatoms. The number of benzene rings is 1. The number of hydrogen-bond donors (Lipinski definition) is 0. The van der Waals surface area contributed by atoms with E-state index in [4.69, 9.17) is 16.3 Å². The Labute approximate surface area is 127 Å². The van der Waals surface area contributed by atoms with Crippen molar-refractivity contribution >= 4 is 23.2 Å². The number of morpholine rings is 1. The van der Waals surface area contributed by atoms with Crippen LogP contribution in [0.5, 0.6) is 0 Å². The molecule has 0 bridgehead atoms. The molecular formula is C14H17ClN2O4. The first kappa shape index (κ1) is 15.7. The minimum Gasteiger partial charge on any atom is -0.375 e.